The molecule has 8 heteroatoms. The molecular weight excluding hydrogens is 340 g/mol. The summed E-state index contributed by atoms with van der Waals surface area (Å²) in [4.78, 5) is 11.5. The minimum absolute atomic E-state index is 0.0474. The SMILES string of the molecule is CCn1cc(N(CC(C)C)S(=O)(=O)c2cc(C)cc(C(N)=O)c2)cn1. The van der Waals surface area contributed by atoms with Crippen LogP contribution >= 0.6 is 0 Å². The number of carbonyl (C=O) groups excluding carboxylic acids is 1. The van der Waals surface area contributed by atoms with Gasteiger partial charge in [-0.25, -0.2) is 8.42 Å². The number of nitrogens with two attached hydrogens (primary N) is 1. The van der Waals surface area contributed by atoms with Crippen molar-refractivity contribution in [3.63, 3.8) is 0 Å². The molecule has 0 saturated heterocycles. The number of primary amides is 1. The lowest BCUT2D eigenvalue weighted by atomic mass is 10.1. The predicted octanol–water partition coefficient (Wildman–Crippen LogP) is 2.16. The summed E-state index contributed by atoms with van der Waals surface area (Å²) >= 11 is 0. The molecule has 0 radical (unpaired) electrons. The molecule has 25 heavy (non-hydrogen) atoms. The van der Waals surface area contributed by atoms with Gasteiger partial charge in [0.05, 0.1) is 16.8 Å². The number of aromatic nitrogens is 2. The summed E-state index contributed by atoms with van der Waals surface area (Å²) in [6, 6.07) is 4.44. The highest BCUT2D eigenvalue weighted by Crippen LogP contribution is 2.26. The Bertz CT molecular complexity index is 872. The number of rotatable bonds is 7. The Morgan fingerprint density at radius 2 is 2.00 bits per heavy atom. The lowest BCUT2D eigenvalue weighted by Crippen LogP contribution is -2.34. The fraction of sp³-hybridized carbons (Fsp3) is 0.412. The van der Waals surface area contributed by atoms with Crippen molar-refractivity contribution in [3.05, 3.63) is 41.7 Å². The first kappa shape index (κ1) is 19.0. The van der Waals surface area contributed by atoms with Gasteiger partial charge in [0.2, 0.25) is 5.91 Å². The molecule has 7 nitrogen and oxygen atoms in total. The Kier molecular flexibility index (Phi) is 5.52. The van der Waals surface area contributed by atoms with Gasteiger partial charge in [-0.2, -0.15) is 5.10 Å². The van der Waals surface area contributed by atoms with Gasteiger partial charge in [-0.15, -0.1) is 0 Å². The second-order valence-corrected chi connectivity index (χ2v) is 8.25. The molecule has 1 amide bonds. The largest absolute Gasteiger partial charge is 0.366 e. The van der Waals surface area contributed by atoms with Crippen LogP contribution in [-0.4, -0.2) is 30.7 Å². The molecule has 136 valence electrons. The van der Waals surface area contributed by atoms with Gasteiger partial charge >= 0.3 is 0 Å². The van der Waals surface area contributed by atoms with Crippen LogP contribution in [0.15, 0.2) is 35.5 Å². The Labute approximate surface area is 148 Å². The third kappa shape index (κ3) is 4.19. The molecule has 0 aliphatic rings. The van der Waals surface area contributed by atoms with E-state index >= 15 is 0 Å². The van der Waals surface area contributed by atoms with Crippen molar-refractivity contribution in [2.45, 2.75) is 39.1 Å². The van der Waals surface area contributed by atoms with E-state index in [1.165, 1.54) is 16.6 Å². The van der Waals surface area contributed by atoms with Crippen LogP contribution in [0.3, 0.4) is 0 Å². The monoisotopic (exact) mass is 364 g/mol. The number of benzene rings is 1. The summed E-state index contributed by atoms with van der Waals surface area (Å²) in [6.07, 6.45) is 3.24. The number of nitrogens with zero attached hydrogens (tertiary/aromatic N) is 3. The van der Waals surface area contributed by atoms with Crippen molar-refractivity contribution in [3.8, 4) is 0 Å². The lowest BCUT2D eigenvalue weighted by molar-refractivity contribution is 0.1000. The number of aryl methyl sites for hydroxylation is 2. The summed E-state index contributed by atoms with van der Waals surface area (Å²) in [7, 11) is -3.85. The standard InChI is InChI=1S/C17H24N4O3S/c1-5-20-11-15(9-19-20)21(10-12(2)3)25(23,24)16-7-13(4)6-14(8-16)17(18)22/h6-9,11-12H,5,10H2,1-4H3,(H2,18,22). The van der Waals surface area contributed by atoms with Crippen LogP contribution in [-0.2, 0) is 16.6 Å². The smallest absolute Gasteiger partial charge is 0.264 e. The van der Waals surface area contributed by atoms with Crippen LogP contribution in [0.25, 0.3) is 0 Å². The molecule has 1 heterocycles. The van der Waals surface area contributed by atoms with Crippen molar-refractivity contribution in [2.24, 2.45) is 11.7 Å². The molecule has 1 aromatic heterocycles. The first-order valence-electron chi connectivity index (χ1n) is 8.11. The Morgan fingerprint density at radius 1 is 1.32 bits per heavy atom. The van der Waals surface area contributed by atoms with E-state index in [9.17, 15) is 13.2 Å². The fourth-order valence-corrected chi connectivity index (χ4v) is 4.23. The van der Waals surface area contributed by atoms with E-state index in [-0.39, 0.29) is 16.4 Å². The normalized spacial score (nSPS) is 11.7. The third-order valence-electron chi connectivity index (χ3n) is 3.69. The molecule has 2 rings (SSSR count). The average Bonchev–Trinajstić information content (AvgIpc) is 3.00. The van der Waals surface area contributed by atoms with Gasteiger partial charge in [0.25, 0.3) is 10.0 Å². The number of hydrogen-bond donors (Lipinski definition) is 1. The summed E-state index contributed by atoms with van der Waals surface area (Å²) in [5, 5.41) is 4.17. The minimum atomic E-state index is -3.85. The van der Waals surface area contributed by atoms with E-state index in [1.807, 2.05) is 20.8 Å². The van der Waals surface area contributed by atoms with E-state index in [2.05, 4.69) is 5.10 Å². The van der Waals surface area contributed by atoms with Crippen molar-refractivity contribution in [1.29, 1.82) is 0 Å². The van der Waals surface area contributed by atoms with Crippen LogP contribution in [0.2, 0.25) is 0 Å². The van der Waals surface area contributed by atoms with E-state index in [4.69, 9.17) is 5.73 Å². The molecule has 0 bridgehead atoms. The molecule has 2 N–H and O–H groups in total. The van der Waals surface area contributed by atoms with Crippen LogP contribution < -0.4 is 10.0 Å². The van der Waals surface area contributed by atoms with Crippen molar-refractivity contribution < 1.29 is 13.2 Å². The van der Waals surface area contributed by atoms with Crippen molar-refractivity contribution in [1.82, 2.24) is 9.78 Å². The van der Waals surface area contributed by atoms with E-state index in [0.29, 0.717) is 24.3 Å². The molecule has 0 fully saturated rings. The first-order valence-corrected chi connectivity index (χ1v) is 9.55. The molecule has 1 aromatic carbocycles. The van der Waals surface area contributed by atoms with Gasteiger partial charge in [0, 0.05) is 24.8 Å². The maximum absolute atomic E-state index is 13.2. The highest BCUT2D eigenvalue weighted by Gasteiger charge is 2.27. The Hall–Kier alpha value is -2.35. The van der Waals surface area contributed by atoms with Crippen LogP contribution in [0.4, 0.5) is 5.69 Å². The maximum atomic E-state index is 13.2. The lowest BCUT2D eigenvalue weighted by Gasteiger charge is -2.25. The number of amides is 1. The van der Waals surface area contributed by atoms with E-state index in [1.54, 1.807) is 29.9 Å². The maximum Gasteiger partial charge on any atom is 0.264 e. The van der Waals surface area contributed by atoms with Gasteiger partial charge in [-0.1, -0.05) is 13.8 Å². The predicted molar refractivity (Wildman–Crippen MR) is 97.0 cm³/mol. The second-order valence-electron chi connectivity index (χ2n) is 6.38. The zero-order valence-electron chi connectivity index (χ0n) is 14.9. The fourth-order valence-electron chi connectivity index (χ4n) is 2.49. The van der Waals surface area contributed by atoms with Crippen LogP contribution in [0.5, 0.6) is 0 Å². The first-order chi connectivity index (χ1) is 11.6. The minimum Gasteiger partial charge on any atom is -0.366 e. The summed E-state index contributed by atoms with van der Waals surface area (Å²) in [5.41, 5.74) is 6.65. The van der Waals surface area contributed by atoms with Gasteiger partial charge in [0.1, 0.15) is 0 Å². The number of anilines is 1. The number of hydrogen-bond acceptors (Lipinski definition) is 4. The van der Waals surface area contributed by atoms with Gasteiger partial charge in [-0.05, 0) is 43.5 Å². The molecule has 0 saturated carbocycles. The zero-order chi connectivity index (χ0) is 18.8. The zero-order valence-corrected chi connectivity index (χ0v) is 15.7. The number of sulfonamides is 1. The third-order valence-corrected chi connectivity index (χ3v) is 5.46. The van der Waals surface area contributed by atoms with Gasteiger partial charge in [-0.3, -0.25) is 13.8 Å². The molecule has 0 spiro atoms. The van der Waals surface area contributed by atoms with E-state index in [0.717, 1.165) is 0 Å². The molecule has 0 aliphatic carbocycles. The van der Waals surface area contributed by atoms with Crippen LogP contribution in [0, 0.1) is 12.8 Å². The average molecular weight is 364 g/mol. The summed E-state index contributed by atoms with van der Waals surface area (Å²) < 4.78 is 29.5. The number of carbonyl (C=O) groups is 1. The molecule has 0 aliphatic heterocycles. The molecule has 2 aromatic rings. The second kappa shape index (κ2) is 7.26. The Morgan fingerprint density at radius 3 is 2.52 bits per heavy atom. The highest BCUT2D eigenvalue weighted by molar-refractivity contribution is 7.92. The van der Waals surface area contributed by atoms with Crippen molar-refractivity contribution in [2.75, 3.05) is 10.8 Å². The van der Waals surface area contributed by atoms with Gasteiger partial charge in [0.15, 0.2) is 0 Å². The molecule has 0 unspecified atom stereocenters. The topological polar surface area (TPSA) is 98.3 Å². The van der Waals surface area contributed by atoms with Crippen molar-refractivity contribution >= 4 is 21.6 Å². The molecular formula is C17H24N4O3S. The van der Waals surface area contributed by atoms with Gasteiger partial charge < -0.3 is 5.73 Å². The van der Waals surface area contributed by atoms with Crippen LogP contribution in [0.1, 0.15) is 36.7 Å². The summed E-state index contributed by atoms with van der Waals surface area (Å²) in [6.45, 7) is 8.49. The Balaban J connectivity index is 2.57. The summed E-state index contributed by atoms with van der Waals surface area (Å²) in [5.74, 6) is -0.547. The highest BCUT2D eigenvalue weighted by atomic mass is 32.2. The van der Waals surface area contributed by atoms with E-state index < -0.39 is 15.9 Å². The quantitative estimate of drug-likeness (QED) is 0.814. The molecule has 0 atom stereocenters.